The van der Waals surface area contributed by atoms with E-state index < -0.39 is 0 Å². The number of esters is 1. The lowest BCUT2D eigenvalue weighted by Crippen LogP contribution is -1.99. The van der Waals surface area contributed by atoms with Gasteiger partial charge in [-0.05, 0) is 11.4 Å². The Kier molecular flexibility index (Phi) is 2.42. The molecule has 0 radical (unpaired) electrons. The van der Waals surface area contributed by atoms with Gasteiger partial charge < -0.3 is 10.5 Å². The fourth-order valence-corrected chi connectivity index (χ4v) is 2.07. The topological polar surface area (TPSA) is 81.0 Å². The number of hydrogen-bond donors (Lipinski definition) is 2. The molecule has 0 atom stereocenters. The first kappa shape index (κ1) is 9.72. The van der Waals surface area contributed by atoms with Crippen molar-refractivity contribution in [2.24, 2.45) is 0 Å². The van der Waals surface area contributed by atoms with E-state index in [1.165, 1.54) is 18.4 Å². The minimum atomic E-state index is -0.354. The summed E-state index contributed by atoms with van der Waals surface area (Å²) in [5.74, 6) is 0.0418. The zero-order chi connectivity index (χ0) is 10.8. The molecule has 0 fully saturated rings. The molecule has 0 saturated heterocycles. The second kappa shape index (κ2) is 3.74. The average Bonchev–Trinajstić information content (AvgIpc) is 2.84. The van der Waals surface area contributed by atoms with Crippen molar-refractivity contribution in [1.82, 2.24) is 10.2 Å². The quantitative estimate of drug-likeness (QED) is 0.756. The summed E-state index contributed by atoms with van der Waals surface area (Å²) >= 11 is 1.32. The van der Waals surface area contributed by atoms with Crippen LogP contribution in [-0.2, 0) is 4.74 Å². The molecule has 0 spiro atoms. The normalized spacial score (nSPS) is 10.2. The molecular formula is C9H9N3O2S. The number of aromatic amines is 1. The van der Waals surface area contributed by atoms with E-state index in [2.05, 4.69) is 14.9 Å². The predicted octanol–water partition coefficient (Wildman–Crippen LogP) is 1.51. The largest absolute Gasteiger partial charge is 0.465 e. The molecule has 2 aromatic rings. The zero-order valence-corrected chi connectivity index (χ0v) is 8.80. The number of methoxy groups -OCH3 is 1. The fraction of sp³-hybridized carbons (Fsp3) is 0.111. The average molecular weight is 223 g/mol. The van der Waals surface area contributed by atoms with Crippen LogP contribution < -0.4 is 5.73 Å². The van der Waals surface area contributed by atoms with Gasteiger partial charge in [-0.1, -0.05) is 0 Å². The molecule has 15 heavy (non-hydrogen) atoms. The highest BCUT2D eigenvalue weighted by Gasteiger charge is 2.16. The van der Waals surface area contributed by atoms with Crippen molar-refractivity contribution in [3.05, 3.63) is 22.4 Å². The maximum Gasteiger partial charge on any atom is 0.348 e. The van der Waals surface area contributed by atoms with Crippen LogP contribution >= 0.6 is 11.3 Å². The summed E-state index contributed by atoms with van der Waals surface area (Å²) in [6, 6.07) is 3.50. The van der Waals surface area contributed by atoms with Crippen molar-refractivity contribution in [2.75, 3.05) is 12.8 Å². The van der Waals surface area contributed by atoms with Crippen LogP contribution in [0, 0.1) is 0 Å². The number of nitrogen functional groups attached to an aromatic ring is 1. The first-order valence-electron chi connectivity index (χ1n) is 4.19. The van der Waals surface area contributed by atoms with Gasteiger partial charge in [0.05, 0.1) is 12.8 Å². The first-order chi connectivity index (χ1) is 7.22. The summed E-state index contributed by atoms with van der Waals surface area (Å²) in [6.45, 7) is 0. The summed E-state index contributed by atoms with van der Waals surface area (Å²) in [4.78, 5) is 11.9. The van der Waals surface area contributed by atoms with Crippen molar-refractivity contribution >= 4 is 23.1 Å². The number of thiophene rings is 1. The van der Waals surface area contributed by atoms with Crippen LogP contribution in [0.25, 0.3) is 11.3 Å². The van der Waals surface area contributed by atoms with Gasteiger partial charge in [0.25, 0.3) is 0 Å². The zero-order valence-electron chi connectivity index (χ0n) is 7.98. The molecular weight excluding hydrogens is 214 g/mol. The Balaban J connectivity index is 2.45. The maximum absolute atomic E-state index is 11.4. The van der Waals surface area contributed by atoms with E-state index in [0.29, 0.717) is 16.4 Å². The molecule has 0 amide bonds. The summed E-state index contributed by atoms with van der Waals surface area (Å²) in [6.07, 6.45) is 0. The van der Waals surface area contributed by atoms with E-state index in [9.17, 15) is 4.79 Å². The summed E-state index contributed by atoms with van der Waals surface area (Å²) < 4.78 is 4.67. The molecule has 0 aliphatic rings. The number of ether oxygens (including phenoxy) is 1. The molecule has 0 aromatic carbocycles. The minimum absolute atomic E-state index is 0.354. The Morgan fingerprint density at radius 2 is 2.47 bits per heavy atom. The minimum Gasteiger partial charge on any atom is -0.465 e. The van der Waals surface area contributed by atoms with E-state index in [1.54, 1.807) is 6.07 Å². The van der Waals surface area contributed by atoms with E-state index in [-0.39, 0.29) is 5.97 Å². The number of nitrogens with one attached hydrogen (secondary N) is 1. The first-order valence-corrected chi connectivity index (χ1v) is 5.07. The van der Waals surface area contributed by atoms with Crippen molar-refractivity contribution in [2.45, 2.75) is 0 Å². The third kappa shape index (κ3) is 1.71. The van der Waals surface area contributed by atoms with E-state index in [0.717, 1.165) is 5.56 Å². The van der Waals surface area contributed by atoms with E-state index in [1.807, 2.05) is 11.4 Å². The van der Waals surface area contributed by atoms with Crippen LogP contribution in [0.5, 0.6) is 0 Å². The Morgan fingerprint density at radius 1 is 1.67 bits per heavy atom. The third-order valence-electron chi connectivity index (χ3n) is 1.92. The molecule has 0 aliphatic heterocycles. The standard InChI is InChI=1S/C9H9N3O2S/c1-14-9(13)8-5(2-3-15-8)6-4-7(10)12-11-6/h2-4H,1H3,(H3,10,11,12). The Hall–Kier alpha value is -1.82. The number of nitrogens with zero attached hydrogens (tertiary/aromatic N) is 1. The van der Waals surface area contributed by atoms with E-state index in [4.69, 9.17) is 5.73 Å². The van der Waals surface area contributed by atoms with Crippen LogP contribution in [0.1, 0.15) is 9.67 Å². The van der Waals surface area contributed by atoms with Gasteiger partial charge in [-0.25, -0.2) is 4.79 Å². The van der Waals surface area contributed by atoms with Crippen LogP contribution in [0.2, 0.25) is 0 Å². The van der Waals surface area contributed by atoms with Gasteiger partial charge in [0, 0.05) is 11.6 Å². The lowest BCUT2D eigenvalue weighted by molar-refractivity contribution is 0.0607. The van der Waals surface area contributed by atoms with Crippen molar-refractivity contribution in [3.8, 4) is 11.3 Å². The molecule has 0 aliphatic carbocycles. The molecule has 2 heterocycles. The van der Waals surface area contributed by atoms with Crippen molar-refractivity contribution in [3.63, 3.8) is 0 Å². The molecule has 0 saturated carbocycles. The number of hydrogen-bond acceptors (Lipinski definition) is 5. The number of aromatic nitrogens is 2. The number of nitrogens with two attached hydrogens (primary N) is 1. The van der Waals surface area contributed by atoms with Gasteiger partial charge in [-0.2, -0.15) is 5.10 Å². The molecule has 6 heteroatoms. The number of carbonyl (C=O) groups is 1. The summed E-state index contributed by atoms with van der Waals surface area (Å²) in [5, 5.41) is 8.37. The molecule has 0 unspecified atom stereocenters. The SMILES string of the molecule is COC(=O)c1sccc1-c1cc(N)n[nH]1. The maximum atomic E-state index is 11.4. The van der Waals surface area contributed by atoms with Crippen molar-refractivity contribution < 1.29 is 9.53 Å². The molecule has 5 nitrogen and oxygen atoms in total. The van der Waals surface area contributed by atoms with Gasteiger partial charge in [0.2, 0.25) is 0 Å². The number of rotatable bonds is 2. The third-order valence-corrected chi connectivity index (χ3v) is 2.82. The number of anilines is 1. The molecule has 0 bridgehead atoms. The lowest BCUT2D eigenvalue weighted by Gasteiger charge is -1.98. The van der Waals surface area contributed by atoms with Crippen LogP contribution in [0.15, 0.2) is 17.5 Å². The molecule has 2 rings (SSSR count). The lowest BCUT2D eigenvalue weighted by atomic mass is 10.2. The van der Waals surface area contributed by atoms with Gasteiger partial charge in [-0.3, -0.25) is 5.10 Å². The van der Waals surface area contributed by atoms with E-state index >= 15 is 0 Å². The van der Waals surface area contributed by atoms with Crippen LogP contribution in [0.4, 0.5) is 5.82 Å². The van der Waals surface area contributed by atoms with Gasteiger partial charge in [-0.15, -0.1) is 11.3 Å². The Bertz CT molecular complexity index is 489. The van der Waals surface area contributed by atoms with Gasteiger partial charge >= 0.3 is 5.97 Å². The monoisotopic (exact) mass is 223 g/mol. The second-order valence-electron chi connectivity index (χ2n) is 2.86. The molecule has 2 aromatic heterocycles. The highest BCUT2D eigenvalue weighted by atomic mass is 32.1. The summed E-state index contributed by atoms with van der Waals surface area (Å²) in [5.41, 5.74) is 6.97. The molecule has 3 N–H and O–H groups in total. The van der Waals surface area contributed by atoms with Crippen LogP contribution in [0.3, 0.4) is 0 Å². The predicted molar refractivity (Wildman–Crippen MR) is 57.7 cm³/mol. The highest BCUT2D eigenvalue weighted by Crippen LogP contribution is 2.28. The van der Waals surface area contributed by atoms with Crippen molar-refractivity contribution in [1.29, 1.82) is 0 Å². The Morgan fingerprint density at radius 3 is 3.07 bits per heavy atom. The second-order valence-corrected chi connectivity index (χ2v) is 3.78. The highest BCUT2D eigenvalue weighted by molar-refractivity contribution is 7.12. The molecule has 78 valence electrons. The fourth-order valence-electron chi connectivity index (χ4n) is 1.25. The van der Waals surface area contributed by atoms with Gasteiger partial charge in [0.1, 0.15) is 10.7 Å². The van der Waals surface area contributed by atoms with Crippen LogP contribution in [-0.4, -0.2) is 23.3 Å². The number of carbonyl (C=O) groups excluding carboxylic acids is 1. The Labute approximate surface area is 89.9 Å². The smallest absolute Gasteiger partial charge is 0.348 e. The van der Waals surface area contributed by atoms with Gasteiger partial charge in [0.15, 0.2) is 0 Å². The summed E-state index contributed by atoms with van der Waals surface area (Å²) in [7, 11) is 1.35. The number of H-pyrrole nitrogens is 1.